The van der Waals surface area contributed by atoms with Crippen LogP contribution in [0.1, 0.15) is 6.92 Å². The Bertz CT molecular complexity index is 63.2. The van der Waals surface area contributed by atoms with E-state index in [9.17, 15) is 4.79 Å². The standard InChI is InChI=1S/C3H5IO3/c1-2-6-3(5)7-4/h2H2,1H3. The van der Waals surface area contributed by atoms with Gasteiger partial charge in [-0.2, -0.15) is 0 Å². The summed E-state index contributed by atoms with van der Waals surface area (Å²) in [5.74, 6) is 0. The molecule has 0 radical (unpaired) electrons. The second kappa shape index (κ2) is 4.17. The molecule has 0 aromatic carbocycles. The quantitative estimate of drug-likeness (QED) is 0.492. The summed E-state index contributed by atoms with van der Waals surface area (Å²) in [5, 5.41) is 0. The molecule has 0 aliphatic carbocycles. The number of hydrogen-bond donors (Lipinski definition) is 0. The molecule has 4 heteroatoms. The first-order chi connectivity index (χ1) is 3.31. The van der Waals surface area contributed by atoms with Crippen LogP contribution in [0.3, 0.4) is 0 Å². The fraction of sp³-hybridized carbons (Fsp3) is 0.667. The van der Waals surface area contributed by atoms with Crippen molar-refractivity contribution in [3.63, 3.8) is 0 Å². The molecule has 0 aromatic rings. The highest BCUT2D eigenvalue weighted by molar-refractivity contribution is 14.1. The van der Waals surface area contributed by atoms with E-state index in [1.165, 1.54) is 23.0 Å². The highest BCUT2D eigenvalue weighted by atomic mass is 127. The van der Waals surface area contributed by atoms with E-state index in [-0.39, 0.29) is 0 Å². The number of hydrogen-bond acceptors (Lipinski definition) is 3. The van der Waals surface area contributed by atoms with Crippen LogP contribution in [0.2, 0.25) is 0 Å². The summed E-state index contributed by atoms with van der Waals surface area (Å²) < 4.78 is 8.42. The highest BCUT2D eigenvalue weighted by Crippen LogP contribution is 1.89. The predicted octanol–water partition coefficient (Wildman–Crippen LogP) is 1.51. The predicted molar refractivity (Wildman–Crippen MR) is 32.1 cm³/mol. The van der Waals surface area contributed by atoms with Crippen molar-refractivity contribution in [2.45, 2.75) is 6.92 Å². The first-order valence-electron chi connectivity index (χ1n) is 1.76. The van der Waals surface area contributed by atoms with Gasteiger partial charge in [0.15, 0.2) is 23.0 Å². The van der Waals surface area contributed by atoms with Crippen molar-refractivity contribution in [3.05, 3.63) is 0 Å². The van der Waals surface area contributed by atoms with Crippen LogP contribution in [0.15, 0.2) is 0 Å². The maximum absolute atomic E-state index is 9.96. The van der Waals surface area contributed by atoms with Crippen LogP contribution in [0.25, 0.3) is 0 Å². The lowest BCUT2D eigenvalue weighted by Gasteiger charge is -1.92. The van der Waals surface area contributed by atoms with E-state index in [0.29, 0.717) is 6.61 Å². The van der Waals surface area contributed by atoms with Crippen molar-refractivity contribution < 1.29 is 12.6 Å². The summed E-state index contributed by atoms with van der Waals surface area (Å²) in [6.07, 6.45) is -0.636. The van der Waals surface area contributed by atoms with E-state index >= 15 is 0 Å². The monoisotopic (exact) mass is 216 g/mol. The molecule has 0 fully saturated rings. The number of ether oxygens (including phenoxy) is 1. The maximum atomic E-state index is 9.96. The van der Waals surface area contributed by atoms with Crippen molar-refractivity contribution >= 4 is 29.2 Å². The Morgan fingerprint density at radius 3 is 2.57 bits per heavy atom. The van der Waals surface area contributed by atoms with E-state index in [1.54, 1.807) is 6.92 Å². The zero-order valence-corrected chi connectivity index (χ0v) is 5.97. The van der Waals surface area contributed by atoms with Gasteiger partial charge in [-0.25, -0.2) is 4.79 Å². The average Bonchev–Trinajstić information content (AvgIpc) is 1.68. The molecule has 0 rings (SSSR count). The summed E-state index contributed by atoms with van der Waals surface area (Å²) in [4.78, 5) is 9.96. The molecule has 0 unspecified atom stereocenters. The second-order valence-corrected chi connectivity index (χ2v) is 1.20. The summed E-state index contributed by atoms with van der Waals surface area (Å²) in [5.41, 5.74) is 0. The Kier molecular flexibility index (Phi) is 4.17. The molecular formula is C3H5IO3. The van der Waals surface area contributed by atoms with Gasteiger partial charge in [0.1, 0.15) is 0 Å². The van der Waals surface area contributed by atoms with Crippen molar-refractivity contribution in [3.8, 4) is 0 Å². The van der Waals surface area contributed by atoms with Crippen molar-refractivity contribution in [2.24, 2.45) is 0 Å². The van der Waals surface area contributed by atoms with Gasteiger partial charge in [-0.05, 0) is 6.92 Å². The molecule has 0 spiro atoms. The van der Waals surface area contributed by atoms with Gasteiger partial charge in [-0.3, -0.25) is 0 Å². The Morgan fingerprint density at radius 1 is 1.86 bits per heavy atom. The van der Waals surface area contributed by atoms with E-state index in [1.807, 2.05) is 0 Å². The Balaban J connectivity index is 3.00. The van der Waals surface area contributed by atoms with E-state index < -0.39 is 6.16 Å². The number of halogens is 1. The van der Waals surface area contributed by atoms with Crippen LogP contribution in [-0.4, -0.2) is 12.8 Å². The smallest absolute Gasteiger partial charge is 0.434 e. The minimum atomic E-state index is -0.636. The lowest BCUT2D eigenvalue weighted by molar-refractivity contribution is 0.118. The van der Waals surface area contributed by atoms with Crippen molar-refractivity contribution in [1.82, 2.24) is 0 Å². The molecule has 3 nitrogen and oxygen atoms in total. The van der Waals surface area contributed by atoms with Gasteiger partial charge in [0.2, 0.25) is 0 Å². The van der Waals surface area contributed by atoms with Crippen LogP contribution in [0.5, 0.6) is 0 Å². The third-order valence-corrected chi connectivity index (χ3v) is 0.685. The third kappa shape index (κ3) is 3.84. The van der Waals surface area contributed by atoms with Gasteiger partial charge in [-0.1, -0.05) is 0 Å². The number of carbonyl (C=O) groups excluding carboxylic acids is 1. The van der Waals surface area contributed by atoms with Crippen LogP contribution < -0.4 is 0 Å². The number of carbonyl (C=O) groups is 1. The lowest BCUT2D eigenvalue weighted by Crippen LogP contribution is -1.98. The molecule has 0 saturated carbocycles. The number of rotatable bonds is 1. The molecular weight excluding hydrogens is 211 g/mol. The van der Waals surface area contributed by atoms with E-state index in [0.717, 1.165) is 0 Å². The normalized spacial score (nSPS) is 7.71. The summed E-state index contributed by atoms with van der Waals surface area (Å²) in [6.45, 7) is 2.08. The molecule has 0 amide bonds. The van der Waals surface area contributed by atoms with Crippen molar-refractivity contribution in [1.29, 1.82) is 0 Å². The van der Waals surface area contributed by atoms with Gasteiger partial charge >= 0.3 is 6.16 Å². The van der Waals surface area contributed by atoms with Crippen LogP contribution in [0.4, 0.5) is 4.79 Å². The fourth-order valence-corrected chi connectivity index (χ4v) is 0.267. The topological polar surface area (TPSA) is 35.5 Å². The zero-order valence-electron chi connectivity index (χ0n) is 3.81. The summed E-state index contributed by atoms with van der Waals surface area (Å²) in [7, 11) is 0. The van der Waals surface area contributed by atoms with Crippen molar-refractivity contribution in [2.75, 3.05) is 6.61 Å². The molecule has 0 N–H and O–H groups in total. The van der Waals surface area contributed by atoms with Gasteiger partial charge < -0.3 is 7.80 Å². The van der Waals surface area contributed by atoms with Crippen LogP contribution >= 0.6 is 23.0 Å². The molecule has 0 aliphatic heterocycles. The third-order valence-electron chi connectivity index (χ3n) is 0.325. The molecule has 0 saturated heterocycles. The van der Waals surface area contributed by atoms with Gasteiger partial charge in [0.05, 0.1) is 6.61 Å². The fourth-order valence-electron chi connectivity index (χ4n) is 0.140. The molecule has 0 heterocycles. The Morgan fingerprint density at radius 2 is 2.43 bits per heavy atom. The SMILES string of the molecule is CCOC(=O)OI. The van der Waals surface area contributed by atoms with Gasteiger partial charge in [0.25, 0.3) is 0 Å². The zero-order chi connectivity index (χ0) is 5.70. The molecule has 42 valence electrons. The Labute approximate surface area is 55.7 Å². The lowest BCUT2D eigenvalue weighted by atomic mass is 10.9. The highest BCUT2D eigenvalue weighted by Gasteiger charge is 1.94. The molecule has 0 aromatic heterocycles. The van der Waals surface area contributed by atoms with Gasteiger partial charge in [0, 0.05) is 0 Å². The van der Waals surface area contributed by atoms with Crippen LogP contribution in [0, 0.1) is 0 Å². The summed E-state index contributed by atoms with van der Waals surface area (Å²) in [6, 6.07) is 0. The largest absolute Gasteiger partial charge is 0.517 e. The van der Waals surface area contributed by atoms with E-state index in [2.05, 4.69) is 7.80 Å². The first-order valence-corrected chi connectivity index (χ1v) is 2.64. The van der Waals surface area contributed by atoms with E-state index in [4.69, 9.17) is 0 Å². The van der Waals surface area contributed by atoms with Crippen LogP contribution in [-0.2, 0) is 7.80 Å². The summed E-state index contributed by atoms with van der Waals surface area (Å²) >= 11 is 1.46. The second-order valence-electron chi connectivity index (χ2n) is 0.760. The molecule has 7 heavy (non-hydrogen) atoms. The minimum Gasteiger partial charge on any atom is -0.434 e. The molecule has 0 bridgehead atoms. The maximum Gasteiger partial charge on any atom is 0.517 e. The van der Waals surface area contributed by atoms with Gasteiger partial charge in [-0.15, -0.1) is 0 Å². The molecule has 0 aliphatic rings. The molecule has 0 atom stereocenters. The first kappa shape index (κ1) is 7.00. The minimum absolute atomic E-state index is 0.363. The average molecular weight is 216 g/mol. The Hall–Kier alpha value is 0.